The van der Waals surface area contributed by atoms with Gasteiger partial charge in [-0.3, -0.25) is 4.79 Å². The fourth-order valence-electron chi connectivity index (χ4n) is 3.62. The van der Waals surface area contributed by atoms with Gasteiger partial charge in [-0.1, -0.05) is 36.4 Å². The monoisotopic (exact) mass is 349 g/mol. The standard InChI is InChI=1S/C21H23N3O2/c1-24-20(25)11-18(21(24)16-6-4-3-5-7-16)14-23-13-15-8-9-17(12-22)19(10-15)26-2/h3-10,18,21,23H,11,13-14H2,1-2H3/t18-,21-/m0/s1. The maximum absolute atomic E-state index is 12.2. The number of ether oxygens (including phenoxy) is 1. The Hall–Kier alpha value is -2.84. The molecule has 1 saturated heterocycles. The molecule has 0 spiro atoms. The van der Waals surface area contributed by atoms with Gasteiger partial charge in [-0.2, -0.15) is 5.26 Å². The lowest BCUT2D eigenvalue weighted by Crippen LogP contribution is -2.29. The maximum atomic E-state index is 12.2. The lowest BCUT2D eigenvalue weighted by Gasteiger charge is -2.25. The molecule has 3 rings (SSSR count). The van der Waals surface area contributed by atoms with Crippen molar-refractivity contribution < 1.29 is 9.53 Å². The molecule has 1 aliphatic rings. The minimum Gasteiger partial charge on any atom is -0.495 e. The molecule has 2 aromatic carbocycles. The molecule has 134 valence electrons. The highest BCUT2D eigenvalue weighted by molar-refractivity contribution is 5.79. The average molecular weight is 349 g/mol. The molecule has 2 aromatic rings. The summed E-state index contributed by atoms with van der Waals surface area (Å²) in [6.45, 7) is 1.41. The molecule has 0 aliphatic carbocycles. The quantitative estimate of drug-likeness (QED) is 0.871. The number of carbonyl (C=O) groups is 1. The number of nitrogens with zero attached hydrogens (tertiary/aromatic N) is 2. The first-order chi connectivity index (χ1) is 12.6. The number of nitrogens with one attached hydrogen (secondary N) is 1. The largest absolute Gasteiger partial charge is 0.495 e. The molecule has 0 bridgehead atoms. The van der Waals surface area contributed by atoms with Crippen LogP contribution in [0.1, 0.15) is 29.2 Å². The first-order valence-electron chi connectivity index (χ1n) is 8.72. The number of nitriles is 1. The zero-order valence-corrected chi connectivity index (χ0v) is 15.1. The molecular weight excluding hydrogens is 326 g/mol. The SMILES string of the molecule is COc1cc(CNC[C@@H]2CC(=O)N(C)[C@H]2c2ccccc2)ccc1C#N. The zero-order chi connectivity index (χ0) is 18.5. The number of rotatable bonds is 6. The smallest absolute Gasteiger partial charge is 0.223 e. The minimum atomic E-state index is 0.103. The highest BCUT2D eigenvalue weighted by Crippen LogP contribution is 2.36. The number of carbonyl (C=O) groups excluding carboxylic acids is 1. The van der Waals surface area contributed by atoms with Crippen molar-refractivity contribution in [2.24, 2.45) is 5.92 Å². The highest BCUT2D eigenvalue weighted by Gasteiger charge is 2.37. The summed E-state index contributed by atoms with van der Waals surface area (Å²) in [5.41, 5.74) is 2.76. The van der Waals surface area contributed by atoms with Crippen LogP contribution in [-0.2, 0) is 11.3 Å². The van der Waals surface area contributed by atoms with E-state index in [-0.39, 0.29) is 17.9 Å². The van der Waals surface area contributed by atoms with Crippen molar-refractivity contribution in [3.63, 3.8) is 0 Å². The molecule has 1 amide bonds. The van der Waals surface area contributed by atoms with Gasteiger partial charge in [0.1, 0.15) is 11.8 Å². The van der Waals surface area contributed by atoms with Crippen LogP contribution in [0.2, 0.25) is 0 Å². The lowest BCUT2D eigenvalue weighted by molar-refractivity contribution is -0.127. The van der Waals surface area contributed by atoms with Gasteiger partial charge in [0.2, 0.25) is 5.91 Å². The van der Waals surface area contributed by atoms with E-state index in [4.69, 9.17) is 10.00 Å². The number of amides is 1. The molecule has 1 aliphatic heterocycles. The Morgan fingerprint density at radius 1 is 1.27 bits per heavy atom. The van der Waals surface area contributed by atoms with E-state index in [0.29, 0.717) is 24.3 Å². The molecule has 26 heavy (non-hydrogen) atoms. The van der Waals surface area contributed by atoms with E-state index in [1.807, 2.05) is 42.3 Å². The van der Waals surface area contributed by atoms with Gasteiger partial charge in [0.15, 0.2) is 0 Å². The van der Waals surface area contributed by atoms with Gasteiger partial charge in [0, 0.05) is 32.5 Å². The third kappa shape index (κ3) is 3.71. The summed E-state index contributed by atoms with van der Waals surface area (Å²) < 4.78 is 5.26. The second-order valence-electron chi connectivity index (χ2n) is 6.60. The highest BCUT2D eigenvalue weighted by atomic mass is 16.5. The summed E-state index contributed by atoms with van der Waals surface area (Å²) in [6, 6.07) is 18.0. The molecule has 0 radical (unpaired) electrons. The van der Waals surface area contributed by atoms with E-state index in [1.54, 1.807) is 13.2 Å². The first kappa shape index (κ1) is 18.0. The van der Waals surface area contributed by atoms with Crippen molar-refractivity contribution in [2.75, 3.05) is 20.7 Å². The predicted molar refractivity (Wildman–Crippen MR) is 99.5 cm³/mol. The third-order valence-electron chi connectivity index (χ3n) is 4.96. The van der Waals surface area contributed by atoms with Crippen molar-refractivity contribution in [2.45, 2.75) is 19.0 Å². The van der Waals surface area contributed by atoms with Gasteiger partial charge in [-0.05, 0) is 23.3 Å². The van der Waals surface area contributed by atoms with Crippen LogP contribution < -0.4 is 10.1 Å². The van der Waals surface area contributed by atoms with Crippen LogP contribution in [-0.4, -0.2) is 31.5 Å². The molecule has 0 saturated carbocycles. The third-order valence-corrected chi connectivity index (χ3v) is 4.96. The van der Waals surface area contributed by atoms with Crippen LogP contribution >= 0.6 is 0 Å². The van der Waals surface area contributed by atoms with Crippen molar-refractivity contribution in [3.05, 3.63) is 65.2 Å². The van der Waals surface area contributed by atoms with Crippen LogP contribution in [0.15, 0.2) is 48.5 Å². The Labute approximate surface area is 154 Å². The van der Waals surface area contributed by atoms with Crippen LogP contribution in [0.25, 0.3) is 0 Å². The maximum Gasteiger partial charge on any atom is 0.223 e. The summed E-state index contributed by atoms with van der Waals surface area (Å²) in [5.74, 6) is 1.01. The fraction of sp³-hybridized carbons (Fsp3) is 0.333. The Bertz CT molecular complexity index is 814. The number of hydrogen-bond donors (Lipinski definition) is 1. The number of likely N-dealkylation sites (tertiary alicyclic amines) is 1. The predicted octanol–water partition coefficient (Wildman–Crippen LogP) is 2.88. The van der Waals surface area contributed by atoms with Crippen LogP contribution in [0.5, 0.6) is 5.75 Å². The molecule has 2 atom stereocenters. The molecule has 1 N–H and O–H groups in total. The zero-order valence-electron chi connectivity index (χ0n) is 15.1. The molecule has 5 heteroatoms. The fourth-order valence-corrected chi connectivity index (χ4v) is 3.62. The van der Waals surface area contributed by atoms with Crippen molar-refractivity contribution >= 4 is 5.91 Å². The van der Waals surface area contributed by atoms with Crippen LogP contribution in [0, 0.1) is 17.2 Å². The van der Waals surface area contributed by atoms with E-state index in [2.05, 4.69) is 23.5 Å². The van der Waals surface area contributed by atoms with Gasteiger partial charge in [0.05, 0.1) is 18.7 Å². The van der Waals surface area contributed by atoms with Crippen LogP contribution in [0.3, 0.4) is 0 Å². The molecule has 5 nitrogen and oxygen atoms in total. The van der Waals surface area contributed by atoms with Gasteiger partial charge in [-0.15, -0.1) is 0 Å². The van der Waals surface area contributed by atoms with Gasteiger partial charge < -0.3 is 15.0 Å². The summed E-state index contributed by atoms with van der Waals surface area (Å²) >= 11 is 0. The summed E-state index contributed by atoms with van der Waals surface area (Å²) in [4.78, 5) is 14.1. The summed E-state index contributed by atoms with van der Waals surface area (Å²) in [6.07, 6.45) is 0.555. The second-order valence-corrected chi connectivity index (χ2v) is 6.60. The van der Waals surface area contributed by atoms with Crippen molar-refractivity contribution in [1.29, 1.82) is 5.26 Å². The average Bonchev–Trinajstić information content (AvgIpc) is 2.96. The van der Waals surface area contributed by atoms with Crippen LogP contribution in [0.4, 0.5) is 0 Å². The lowest BCUT2D eigenvalue weighted by atomic mass is 9.93. The molecule has 0 aromatic heterocycles. The Morgan fingerprint density at radius 2 is 2.04 bits per heavy atom. The van der Waals surface area contributed by atoms with E-state index in [1.165, 1.54) is 5.56 Å². The summed E-state index contributed by atoms with van der Waals surface area (Å²) in [5, 5.41) is 12.5. The van der Waals surface area contributed by atoms with Gasteiger partial charge >= 0.3 is 0 Å². The molecule has 0 unspecified atom stereocenters. The number of benzene rings is 2. The second kappa shape index (κ2) is 8.03. The van der Waals surface area contributed by atoms with Crippen molar-refractivity contribution in [3.8, 4) is 11.8 Å². The molecular formula is C21H23N3O2. The van der Waals surface area contributed by atoms with Crippen molar-refractivity contribution in [1.82, 2.24) is 10.2 Å². The molecule has 1 heterocycles. The normalized spacial score (nSPS) is 19.4. The minimum absolute atomic E-state index is 0.103. The van der Waals surface area contributed by atoms with E-state index in [9.17, 15) is 4.79 Å². The first-order valence-corrected chi connectivity index (χ1v) is 8.72. The molecule has 1 fully saturated rings. The number of methoxy groups -OCH3 is 1. The topological polar surface area (TPSA) is 65.4 Å². The van der Waals surface area contributed by atoms with E-state index >= 15 is 0 Å². The van der Waals surface area contributed by atoms with E-state index < -0.39 is 0 Å². The summed E-state index contributed by atoms with van der Waals surface area (Å²) in [7, 11) is 3.45. The van der Waals surface area contributed by atoms with Gasteiger partial charge in [-0.25, -0.2) is 0 Å². The Morgan fingerprint density at radius 3 is 2.73 bits per heavy atom. The van der Waals surface area contributed by atoms with E-state index in [0.717, 1.165) is 12.1 Å². The van der Waals surface area contributed by atoms with Gasteiger partial charge in [0.25, 0.3) is 0 Å². The number of hydrogen-bond acceptors (Lipinski definition) is 4. The Kier molecular flexibility index (Phi) is 5.55. The Balaban J connectivity index is 1.65.